The van der Waals surface area contributed by atoms with E-state index in [9.17, 15) is 0 Å². The summed E-state index contributed by atoms with van der Waals surface area (Å²) in [6.07, 6.45) is 0. The first-order valence-corrected chi connectivity index (χ1v) is 21.2. The summed E-state index contributed by atoms with van der Waals surface area (Å²) < 4.78 is 13.5. The zero-order chi connectivity index (χ0) is 41.5. The molecular weight excluding hydrogens is 771 g/mol. The smallest absolute Gasteiger partial charge is 0.164 e. The number of hydrogen-bond donors (Lipinski definition) is 0. The minimum atomic E-state index is -0.496. The van der Waals surface area contributed by atoms with Crippen LogP contribution in [0.3, 0.4) is 0 Å². The summed E-state index contributed by atoms with van der Waals surface area (Å²) in [5.74, 6) is 3.52. The van der Waals surface area contributed by atoms with Crippen molar-refractivity contribution in [3.8, 4) is 79.0 Å². The molecule has 1 aliphatic heterocycles. The van der Waals surface area contributed by atoms with E-state index in [2.05, 4.69) is 170 Å². The first kappa shape index (κ1) is 35.4. The fourth-order valence-corrected chi connectivity index (χ4v) is 9.96. The van der Waals surface area contributed by atoms with E-state index in [-0.39, 0.29) is 0 Å². The van der Waals surface area contributed by atoms with Crippen LogP contribution in [0.1, 0.15) is 22.3 Å². The number of rotatable bonds is 5. The Morgan fingerprint density at radius 3 is 1.46 bits per heavy atom. The van der Waals surface area contributed by atoms with Gasteiger partial charge in [0.25, 0.3) is 0 Å². The zero-order valence-corrected chi connectivity index (χ0v) is 33.9. The van der Waals surface area contributed by atoms with Gasteiger partial charge in [-0.05, 0) is 87.0 Å². The van der Waals surface area contributed by atoms with E-state index < -0.39 is 5.41 Å². The fraction of sp³-hybridized carbons (Fsp3) is 0.0172. The molecule has 9 aromatic carbocycles. The van der Waals surface area contributed by atoms with Crippen molar-refractivity contribution < 1.29 is 9.15 Å². The SMILES string of the molecule is c1ccc(-c2cccc(-c3nc(-c4ccccc4)nc(-c4ccc5c(c4)oc4cc(-c6ccc7c(c6)Oc6ccccc6C76c7ccccc7-c7ccccc76)ccc45)n3)c2)cc1. The predicted octanol–water partition coefficient (Wildman–Crippen LogP) is 14.6. The summed E-state index contributed by atoms with van der Waals surface area (Å²) in [5, 5.41) is 2.07. The topological polar surface area (TPSA) is 61.0 Å². The van der Waals surface area contributed by atoms with Crippen molar-refractivity contribution in [2.75, 3.05) is 0 Å². The lowest BCUT2D eigenvalue weighted by atomic mass is 9.66. The second-order valence-electron chi connectivity index (χ2n) is 16.3. The highest BCUT2D eigenvalue weighted by Crippen LogP contribution is 2.62. The Balaban J connectivity index is 0.901. The molecule has 11 aromatic rings. The van der Waals surface area contributed by atoms with Gasteiger partial charge in [-0.3, -0.25) is 0 Å². The van der Waals surface area contributed by atoms with Gasteiger partial charge in [-0.1, -0.05) is 170 Å². The molecule has 0 radical (unpaired) electrons. The molecule has 0 N–H and O–H groups in total. The molecule has 0 saturated heterocycles. The van der Waals surface area contributed by atoms with Gasteiger partial charge in [0.2, 0.25) is 0 Å². The zero-order valence-electron chi connectivity index (χ0n) is 33.9. The Morgan fingerprint density at radius 1 is 0.302 bits per heavy atom. The fourth-order valence-electron chi connectivity index (χ4n) is 9.96. The molecule has 294 valence electrons. The lowest BCUT2D eigenvalue weighted by molar-refractivity contribution is 0.436. The maximum atomic E-state index is 6.81. The first-order chi connectivity index (χ1) is 31.2. The van der Waals surface area contributed by atoms with Crippen molar-refractivity contribution >= 4 is 21.9 Å². The minimum Gasteiger partial charge on any atom is -0.457 e. The molecule has 0 atom stereocenters. The van der Waals surface area contributed by atoms with Crippen LogP contribution in [-0.2, 0) is 5.41 Å². The van der Waals surface area contributed by atoms with Crippen molar-refractivity contribution in [1.82, 2.24) is 15.0 Å². The van der Waals surface area contributed by atoms with Gasteiger partial charge in [0, 0.05) is 38.6 Å². The van der Waals surface area contributed by atoms with Crippen LogP contribution in [0.25, 0.3) is 89.5 Å². The van der Waals surface area contributed by atoms with Gasteiger partial charge < -0.3 is 9.15 Å². The van der Waals surface area contributed by atoms with Crippen LogP contribution in [-0.4, -0.2) is 15.0 Å². The summed E-state index contributed by atoms with van der Waals surface area (Å²) in [4.78, 5) is 15.1. The molecule has 0 bridgehead atoms. The summed E-state index contributed by atoms with van der Waals surface area (Å²) in [5.41, 5.74) is 15.5. The second-order valence-corrected chi connectivity index (χ2v) is 16.3. The van der Waals surface area contributed by atoms with Crippen LogP contribution in [0, 0.1) is 0 Å². The normalized spacial score (nSPS) is 13.0. The Hall–Kier alpha value is -8.41. The van der Waals surface area contributed by atoms with Gasteiger partial charge in [0.1, 0.15) is 22.7 Å². The molecule has 5 heteroatoms. The number of benzene rings is 9. The maximum absolute atomic E-state index is 6.81. The van der Waals surface area contributed by atoms with E-state index in [0.29, 0.717) is 17.5 Å². The highest BCUT2D eigenvalue weighted by molar-refractivity contribution is 6.07. The molecule has 5 nitrogen and oxygen atoms in total. The summed E-state index contributed by atoms with van der Waals surface area (Å²) in [6, 6.07) is 74.3. The molecule has 0 unspecified atom stereocenters. The average Bonchev–Trinajstić information content (AvgIpc) is 3.87. The van der Waals surface area contributed by atoms with E-state index in [1.807, 2.05) is 42.5 Å². The van der Waals surface area contributed by atoms with Crippen molar-refractivity contribution in [2.45, 2.75) is 5.41 Å². The molecule has 2 aliphatic rings. The standard InChI is InChI=1S/C58H35N3O2/c1-3-14-36(15-4-1)38-18-13-19-41(32-38)56-59-55(37-16-5-2-6-17-37)60-57(61-56)42-27-30-46-45-29-26-39(33-52(45)63-53(46)35-42)40-28-31-50-54(34-40)62-51-25-12-11-24-49(51)58(50)47-22-9-7-20-43(47)44-21-8-10-23-48(44)58/h1-35H. The van der Waals surface area contributed by atoms with E-state index in [0.717, 1.165) is 83.5 Å². The second kappa shape index (κ2) is 13.8. The average molecular weight is 806 g/mol. The molecule has 2 aromatic heterocycles. The number of nitrogens with zero attached hydrogens (tertiary/aromatic N) is 3. The first-order valence-electron chi connectivity index (χ1n) is 21.2. The third-order valence-electron chi connectivity index (χ3n) is 12.8. The van der Waals surface area contributed by atoms with Gasteiger partial charge in [0.05, 0.1) is 5.41 Å². The molecular formula is C58H35N3O2. The number of furan rings is 1. The van der Waals surface area contributed by atoms with Crippen molar-refractivity contribution in [3.05, 3.63) is 235 Å². The highest BCUT2D eigenvalue weighted by atomic mass is 16.5. The number of fused-ring (bicyclic) bond motifs is 12. The monoisotopic (exact) mass is 805 g/mol. The van der Waals surface area contributed by atoms with Crippen molar-refractivity contribution in [1.29, 1.82) is 0 Å². The van der Waals surface area contributed by atoms with E-state index in [1.54, 1.807) is 0 Å². The van der Waals surface area contributed by atoms with Gasteiger partial charge in [0.15, 0.2) is 17.5 Å². The lowest BCUT2D eigenvalue weighted by Crippen LogP contribution is -2.32. The molecule has 0 amide bonds. The number of aromatic nitrogens is 3. The van der Waals surface area contributed by atoms with Crippen LogP contribution in [0.4, 0.5) is 0 Å². The summed E-state index contributed by atoms with van der Waals surface area (Å²) in [6.45, 7) is 0. The summed E-state index contributed by atoms with van der Waals surface area (Å²) in [7, 11) is 0. The van der Waals surface area contributed by atoms with Crippen molar-refractivity contribution in [3.63, 3.8) is 0 Å². The van der Waals surface area contributed by atoms with E-state index in [1.165, 1.54) is 22.3 Å². The number of para-hydroxylation sites is 1. The van der Waals surface area contributed by atoms with Gasteiger partial charge in [-0.15, -0.1) is 0 Å². The quantitative estimate of drug-likeness (QED) is 0.173. The van der Waals surface area contributed by atoms with Gasteiger partial charge >= 0.3 is 0 Å². The van der Waals surface area contributed by atoms with Crippen LogP contribution in [0.2, 0.25) is 0 Å². The molecule has 1 spiro atoms. The predicted molar refractivity (Wildman–Crippen MR) is 252 cm³/mol. The number of ether oxygens (including phenoxy) is 1. The Kier molecular flexibility index (Phi) is 7.75. The Bertz CT molecular complexity index is 3570. The van der Waals surface area contributed by atoms with E-state index >= 15 is 0 Å². The van der Waals surface area contributed by atoms with Crippen LogP contribution in [0.5, 0.6) is 11.5 Å². The van der Waals surface area contributed by atoms with Gasteiger partial charge in [-0.2, -0.15) is 0 Å². The number of hydrogen-bond acceptors (Lipinski definition) is 5. The molecule has 0 fully saturated rings. The van der Waals surface area contributed by atoms with Gasteiger partial charge in [-0.25, -0.2) is 15.0 Å². The third kappa shape index (κ3) is 5.46. The summed E-state index contributed by atoms with van der Waals surface area (Å²) >= 11 is 0. The van der Waals surface area contributed by atoms with E-state index in [4.69, 9.17) is 24.1 Å². The lowest BCUT2D eigenvalue weighted by Gasteiger charge is -2.39. The highest BCUT2D eigenvalue weighted by Gasteiger charge is 2.50. The third-order valence-corrected chi connectivity index (χ3v) is 12.8. The molecule has 13 rings (SSSR count). The molecule has 1 aliphatic carbocycles. The van der Waals surface area contributed by atoms with Crippen molar-refractivity contribution in [2.24, 2.45) is 0 Å². The van der Waals surface area contributed by atoms with Crippen LogP contribution >= 0.6 is 0 Å². The Labute approximate surface area is 363 Å². The minimum absolute atomic E-state index is 0.496. The maximum Gasteiger partial charge on any atom is 0.164 e. The Morgan fingerprint density at radius 2 is 0.762 bits per heavy atom. The molecule has 0 saturated carbocycles. The van der Waals surface area contributed by atoms with Crippen LogP contribution in [0.15, 0.2) is 217 Å². The molecule has 3 heterocycles. The van der Waals surface area contributed by atoms with Crippen LogP contribution < -0.4 is 4.74 Å². The molecule has 63 heavy (non-hydrogen) atoms. The largest absolute Gasteiger partial charge is 0.457 e.